The first-order valence-corrected chi connectivity index (χ1v) is 11.8. The third kappa shape index (κ3) is 4.92. The molecule has 0 radical (unpaired) electrons. The van der Waals surface area contributed by atoms with E-state index in [0.29, 0.717) is 10.7 Å². The van der Waals surface area contributed by atoms with E-state index in [2.05, 4.69) is 5.10 Å². The number of rotatable bonds is 5. The molecule has 1 saturated heterocycles. The fraction of sp³-hybridized carbons (Fsp3) is 0.333. The number of hydrogen-bond donors (Lipinski definition) is 1. The smallest absolute Gasteiger partial charge is 0.267 e. The summed E-state index contributed by atoms with van der Waals surface area (Å²) in [6.07, 6.45) is -0.987. The van der Waals surface area contributed by atoms with Crippen molar-refractivity contribution in [3.05, 3.63) is 65.2 Å². The third-order valence-electron chi connectivity index (χ3n) is 5.46. The van der Waals surface area contributed by atoms with E-state index in [-0.39, 0.29) is 31.3 Å². The number of alkyl halides is 2. The Morgan fingerprint density at radius 3 is 2.31 bits per heavy atom. The molecule has 1 N–H and O–H groups in total. The predicted octanol–water partition coefficient (Wildman–Crippen LogP) is 3.74. The van der Waals surface area contributed by atoms with Gasteiger partial charge in [0.2, 0.25) is 0 Å². The molecule has 11 heteroatoms. The maximum atomic E-state index is 13.4. The van der Waals surface area contributed by atoms with Crippen LogP contribution >= 0.6 is 11.6 Å². The van der Waals surface area contributed by atoms with Gasteiger partial charge in [-0.1, -0.05) is 41.9 Å². The average molecular weight is 483 g/mol. The lowest BCUT2D eigenvalue weighted by molar-refractivity contribution is -0.113. The summed E-state index contributed by atoms with van der Waals surface area (Å²) >= 11 is 5.98. The van der Waals surface area contributed by atoms with Gasteiger partial charge in [-0.25, -0.2) is 13.5 Å². The van der Waals surface area contributed by atoms with Gasteiger partial charge in [-0.15, -0.1) is 0 Å². The quantitative estimate of drug-likeness (QED) is 0.704. The minimum absolute atomic E-state index is 0.0275. The number of piperidine rings is 1. The van der Waals surface area contributed by atoms with Crippen LogP contribution in [-0.4, -0.2) is 43.4 Å². The highest BCUT2D eigenvalue weighted by atomic mass is 35.5. The van der Waals surface area contributed by atoms with Gasteiger partial charge in [-0.2, -0.15) is 17.8 Å². The van der Waals surface area contributed by atoms with E-state index >= 15 is 0 Å². The number of carbonyl (C=O) groups is 1. The Morgan fingerprint density at radius 1 is 1.06 bits per heavy atom. The van der Waals surface area contributed by atoms with Gasteiger partial charge in [-0.3, -0.25) is 9.80 Å². The number of benzene rings is 2. The molecule has 0 aromatic heterocycles. The molecule has 1 amide bonds. The Balaban J connectivity index is 1.55. The minimum Gasteiger partial charge on any atom is -0.267 e. The van der Waals surface area contributed by atoms with Crippen molar-refractivity contribution in [2.75, 3.05) is 18.1 Å². The Bertz CT molecular complexity index is 1120. The van der Waals surface area contributed by atoms with E-state index in [1.54, 1.807) is 29.3 Å². The lowest BCUT2D eigenvalue weighted by Crippen LogP contribution is -2.50. The van der Waals surface area contributed by atoms with Crippen molar-refractivity contribution in [2.45, 2.75) is 31.2 Å². The van der Waals surface area contributed by atoms with Crippen LogP contribution in [-0.2, 0) is 15.0 Å². The van der Waals surface area contributed by atoms with Crippen molar-refractivity contribution in [1.29, 1.82) is 0 Å². The van der Waals surface area contributed by atoms with Crippen LogP contribution < -0.4 is 9.73 Å². The highest BCUT2D eigenvalue weighted by Gasteiger charge is 2.40. The number of hydrogen-bond acceptors (Lipinski definition) is 5. The molecule has 2 heterocycles. The van der Waals surface area contributed by atoms with Crippen LogP contribution in [0.5, 0.6) is 0 Å². The van der Waals surface area contributed by atoms with Gasteiger partial charge in [-0.05, 0) is 29.8 Å². The average Bonchev–Trinajstić information content (AvgIpc) is 3.20. The van der Waals surface area contributed by atoms with E-state index in [1.165, 1.54) is 0 Å². The molecule has 4 rings (SSSR count). The molecule has 2 aliphatic rings. The normalized spacial score (nSPS) is 21.3. The van der Waals surface area contributed by atoms with Crippen molar-refractivity contribution < 1.29 is 22.0 Å². The van der Waals surface area contributed by atoms with Gasteiger partial charge in [0.05, 0.1) is 11.7 Å². The molecule has 2 aliphatic heterocycles. The third-order valence-corrected chi connectivity index (χ3v) is 7.20. The second-order valence-corrected chi connectivity index (χ2v) is 9.80. The van der Waals surface area contributed by atoms with Crippen molar-refractivity contribution in [3.63, 3.8) is 0 Å². The Labute approximate surface area is 189 Å². The summed E-state index contributed by atoms with van der Waals surface area (Å²) < 4.78 is 54.7. The van der Waals surface area contributed by atoms with E-state index in [4.69, 9.17) is 11.6 Å². The first kappa shape index (κ1) is 22.6. The van der Waals surface area contributed by atoms with Crippen LogP contribution in [0.2, 0.25) is 5.02 Å². The van der Waals surface area contributed by atoms with Gasteiger partial charge in [0.1, 0.15) is 5.71 Å². The van der Waals surface area contributed by atoms with Crippen LogP contribution in [0.3, 0.4) is 0 Å². The molecule has 0 saturated carbocycles. The summed E-state index contributed by atoms with van der Waals surface area (Å²) in [5.41, 5.74) is 1.61. The van der Waals surface area contributed by atoms with Crippen LogP contribution in [0, 0.1) is 0 Å². The summed E-state index contributed by atoms with van der Waals surface area (Å²) in [5.74, 6) is -3.77. The fourth-order valence-corrected chi connectivity index (χ4v) is 4.98. The molecular weight excluding hydrogens is 462 g/mol. The molecule has 2 aromatic carbocycles. The number of halogens is 3. The van der Waals surface area contributed by atoms with Gasteiger partial charge in [0.15, 0.2) is 0 Å². The molecule has 1 fully saturated rings. The number of anilines is 1. The maximum Gasteiger partial charge on any atom is 0.304 e. The van der Waals surface area contributed by atoms with Crippen molar-refractivity contribution >= 4 is 39.1 Å². The summed E-state index contributed by atoms with van der Waals surface area (Å²) in [6, 6.07) is 16.0. The maximum absolute atomic E-state index is 13.4. The van der Waals surface area contributed by atoms with Gasteiger partial charge in [0, 0.05) is 37.4 Å². The second kappa shape index (κ2) is 8.76. The SMILES string of the molecule is O=C(NS(=O)(=O)N1CCC(F)(F)CC1)C1=NN(c2ccc(Cl)cc2)C(c2ccccc2)C1. The Morgan fingerprint density at radius 2 is 1.69 bits per heavy atom. The Hall–Kier alpha value is -2.56. The zero-order valence-electron chi connectivity index (χ0n) is 16.9. The predicted molar refractivity (Wildman–Crippen MR) is 118 cm³/mol. The fourth-order valence-electron chi connectivity index (χ4n) is 3.71. The highest BCUT2D eigenvalue weighted by molar-refractivity contribution is 7.87. The second-order valence-electron chi connectivity index (χ2n) is 7.69. The first-order valence-electron chi connectivity index (χ1n) is 10.0. The molecule has 1 unspecified atom stereocenters. The molecule has 0 spiro atoms. The zero-order valence-corrected chi connectivity index (χ0v) is 18.5. The van der Waals surface area contributed by atoms with Crippen molar-refractivity contribution in [3.8, 4) is 0 Å². The zero-order chi connectivity index (χ0) is 22.9. The van der Waals surface area contributed by atoms with E-state index in [9.17, 15) is 22.0 Å². The Kier molecular flexibility index (Phi) is 6.19. The van der Waals surface area contributed by atoms with Gasteiger partial charge < -0.3 is 0 Å². The van der Waals surface area contributed by atoms with E-state index in [0.717, 1.165) is 9.87 Å². The highest BCUT2D eigenvalue weighted by Crippen LogP contribution is 2.36. The molecule has 0 aliphatic carbocycles. The molecule has 2 aromatic rings. The van der Waals surface area contributed by atoms with Crippen LogP contribution in [0.4, 0.5) is 14.5 Å². The summed E-state index contributed by atoms with van der Waals surface area (Å²) in [5, 5.41) is 6.58. The topological polar surface area (TPSA) is 82.1 Å². The summed E-state index contributed by atoms with van der Waals surface area (Å²) in [4.78, 5) is 12.8. The lowest BCUT2D eigenvalue weighted by Gasteiger charge is -2.30. The number of hydrazone groups is 1. The molecule has 7 nitrogen and oxygen atoms in total. The summed E-state index contributed by atoms with van der Waals surface area (Å²) in [6.45, 7) is -0.711. The number of nitrogens with zero attached hydrogens (tertiary/aromatic N) is 3. The van der Waals surface area contributed by atoms with Crippen molar-refractivity contribution in [1.82, 2.24) is 9.03 Å². The van der Waals surface area contributed by atoms with Crippen LogP contribution in [0.25, 0.3) is 0 Å². The largest absolute Gasteiger partial charge is 0.304 e. The van der Waals surface area contributed by atoms with E-state index in [1.807, 2.05) is 35.1 Å². The van der Waals surface area contributed by atoms with Gasteiger partial charge in [0.25, 0.3) is 11.8 Å². The molecule has 170 valence electrons. The number of carbonyl (C=O) groups excluding carboxylic acids is 1. The number of nitrogens with one attached hydrogen (secondary N) is 1. The van der Waals surface area contributed by atoms with Crippen LogP contribution in [0.15, 0.2) is 59.7 Å². The molecule has 0 bridgehead atoms. The minimum atomic E-state index is -4.26. The lowest BCUT2D eigenvalue weighted by atomic mass is 10.0. The monoisotopic (exact) mass is 482 g/mol. The van der Waals surface area contributed by atoms with Gasteiger partial charge >= 0.3 is 10.2 Å². The number of amides is 1. The standard InChI is InChI=1S/C21H21ClF2N4O3S/c22-16-6-8-17(9-7-16)28-19(15-4-2-1-3-5-15)14-18(25-28)20(29)26-32(30,31)27-12-10-21(23,24)11-13-27/h1-9,19H,10-14H2,(H,26,29). The molecule has 1 atom stereocenters. The van der Waals surface area contributed by atoms with Crippen molar-refractivity contribution in [2.24, 2.45) is 5.10 Å². The molecule has 32 heavy (non-hydrogen) atoms. The summed E-state index contributed by atoms with van der Waals surface area (Å²) in [7, 11) is -4.26. The first-order chi connectivity index (χ1) is 15.1. The van der Waals surface area contributed by atoms with E-state index < -0.39 is 34.9 Å². The van der Waals surface area contributed by atoms with Crippen LogP contribution in [0.1, 0.15) is 30.9 Å². The molecular formula is C21H21ClF2N4O3S.